The summed E-state index contributed by atoms with van der Waals surface area (Å²) in [7, 11) is -3.95. The lowest BCUT2D eigenvalue weighted by atomic mass is 10.2. The molecule has 1 amide bonds. The number of nitrogens with zero attached hydrogens (tertiary/aromatic N) is 1. The molecule has 1 aliphatic heterocycles. The molecule has 0 fully saturated rings. The van der Waals surface area contributed by atoms with Crippen molar-refractivity contribution in [2.45, 2.75) is 11.4 Å². The molecule has 0 unspecified atom stereocenters. The van der Waals surface area contributed by atoms with Gasteiger partial charge in [-0.25, -0.2) is 12.8 Å². The predicted octanol–water partition coefficient (Wildman–Crippen LogP) is 2.68. The summed E-state index contributed by atoms with van der Waals surface area (Å²) in [6.45, 7) is 0.401. The lowest BCUT2D eigenvalue weighted by molar-refractivity contribution is 0.0950. The van der Waals surface area contributed by atoms with E-state index in [1.54, 1.807) is 18.2 Å². The summed E-state index contributed by atoms with van der Waals surface area (Å²) < 4.78 is 50.7. The quantitative estimate of drug-likeness (QED) is 0.624. The Morgan fingerprint density at radius 1 is 1.03 bits per heavy atom. The summed E-state index contributed by atoms with van der Waals surface area (Å²) in [6.07, 6.45) is 2.60. The van der Waals surface area contributed by atoms with Crippen molar-refractivity contribution in [1.82, 2.24) is 10.3 Å². The molecule has 1 aliphatic rings. The first kappa shape index (κ1) is 19.6. The average molecular weight is 429 g/mol. The number of rotatable bonds is 6. The number of carbonyl (C=O) groups is 1. The Morgan fingerprint density at radius 3 is 2.60 bits per heavy atom. The van der Waals surface area contributed by atoms with Crippen molar-refractivity contribution in [2.24, 2.45) is 0 Å². The van der Waals surface area contributed by atoms with Crippen LogP contribution in [0.5, 0.6) is 11.5 Å². The van der Waals surface area contributed by atoms with Crippen LogP contribution in [0.15, 0.2) is 65.8 Å². The van der Waals surface area contributed by atoms with E-state index in [0.717, 1.165) is 29.8 Å². The van der Waals surface area contributed by atoms with Gasteiger partial charge in [0.05, 0.1) is 22.3 Å². The SMILES string of the molecule is O=C(NCc1ccc2c(c1)OCO2)c1cncc(NS(=O)(=O)c2ccc(F)cc2)c1. The molecule has 0 spiro atoms. The molecular formula is C20H16FN3O5S. The maximum absolute atomic E-state index is 13.0. The third kappa shape index (κ3) is 4.33. The number of halogens is 1. The number of carbonyl (C=O) groups excluding carboxylic acids is 1. The highest BCUT2D eigenvalue weighted by atomic mass is 32.2. The maximum atomic E-state index is 13.0. The van der Waals surface area contributed by atoms with E-state index in [-0.39, 0.29) is 29.5 Å². The Bertz CT molecular complexity index is 1200. The summed E-state index contributed by atoms with van der Waals surface area (Å²) in [4.78, 5) is 16.3. The molecule has 2 aromatic carbocycles. The Balaban J connectivity index is 1.43. The summed E-state index contributed by atoms with van der Waals surface area (Å²) in [5, 5.41) is 2.74. The van der Waals surface area contributed by atoms with Gasteiger partial charge in [0.1, 0.15) is 5.82 Å². The van der Waals surface area contributed by atoms with Crippen molar-refractivity contribution in [1.29, 1.82) is 0 Å². The zero-order valence-corrected chi connectivity index (χ0v) is 16.3. The van der Waals surface area contributed by atoms with Gasteiger partial charge in [-0.15, -0.1) is 0 Å². The first-order chi connectivity index (χ1) is 14.4. The van der Waals surface area contributed by atoms with Gasteiger partial charge in [-0.2, -0.15) is 0 Å². The van der Waals surface area contributed by atoms with Crippen LogP contribution in [0.3, 0.4) is 0 Å². The lowest BCUT2D eigenvalue weighted by Gasteiger charge is -2.10. The highest BCUT2D eigenvalue weighted by molar-refractivity contribution is 7.92. The summed E-state index contributed by atoms with van der Waals surface area (Å²) in [5.41, 5.74) is 1.10. The second-order valence-electron chi connectivity index (χ2n) is 6.39. The van der Waals surface area contributed by atoms with Gasteiger partial charge in [-0.05, 0) is 48.0 Å². The molecule has 0 saturated heterocycles. The van der Waals surface area contributed by atoms with Crippen molar-refractivity contribution in [3.63, 3.8) is 0 Å². The zero-order valence-electron chi connectivity index (χ0n) is 15.5. The molecule has 2 N–H and O–H groups in total. The number of sulfonamides is 1. The van der Waals surface area contributed by atoms with Gasteiger partial charge in [-0.3, -0.25) is 14.5 Å². The molecule has 0 atom stereocenters. The van der Waals surface area contributed by atoms with Crippen molar-refractivity contribution >= 4 is 21.6 Å². The van der Waals surface area contributed by atoms with Crippen molar-refractivity contribution in [3.05, 3.63) is 77.9 Å². The van der Waals surface area contributed by atoms with E-state index in [4.69, 9.17) is 9.47 Å². The topological polar surface area (TPSA) is 107 Å². The van der Waals surface area contributed by atoms with E-state index in [1.807, 2.05) is 0 Å². The fourth-order valence-corrected chi connectivity index (χ4v) is 3.82. The van der Waals surface area contributed by atoms with Gasteiger partial charge >= 0.3 is 0 Å². The van der Waals surface area contributed by atoms with Gasteiger partial charge in [0, 0.05) is 12.7 Å². The Kier molecular flexibility index (Phi) is 5.23. The van der Waals surface area contributed by atoms with Crippen LogP contribution in [0.2, 0.25) is 0 Å². The number of fused-ring (bicyclic) bond motifs is 1. The maximum Gasteiger partial charge on any atom is 0.261 e. The zero-order chi connectivity index (χ0) is 21.1. The predicted molar refractivity (Wildman–Crippen MR) is 105 cm³/mol. The molecular weight excluding hydrogens is 413 g/mol. The molecule has 8 nitrogen and oxygen atoms in total. The van der Waals surface area contributed by atoms with E-state index in [2.05, 4.69) is 15.0 Å². The normalized spacial score (nSPS) is 12.4. The second-order valence-corrected chi connectivity index (χ2v) is 8.07. The second kappa shape index (κ2) is 7.99. The molecule has 30 heavy (non-hydrogen) atoms. The third-order valence-corrected chi connectivity index (χ3v) is 5.66. The van der Waals surface area contributed by atoms with Crippen LogP contribution in [0.1, 0.15) is 15.9 Å². The van der Waals surface area contributed by atoms with Crippen molar-refractivity contribution in [2.75, 3.05) is 11.5 Å². The molecule has 10 heteroatoms. The van der Waals surface area contributed by atoms with E-state index in [1.165, 1.54) is 18.5 Å². The monoisotopic (exact) mass is 429 g/mol. The molecule has 4 rings (SSSR count). The highest BCUT2D eigenvalue weighted by Crippen LogP contribution is 2.32. The molecule has 0 bridgehead atoms. The standard InChI is InChI=1S/C20H16FN3O5S/c21-15-2-4-17(5-3-15)30(26,27)24-16-8-14(10-22-11-16)20(25)23-9-13-1-6-18-19(7-13)29-12-28-18/h1-8,10-11,24H,9,12H2,(H,23,25). The van der Waals surface area contributed by atoms with Gasteiger partial charge in [0.25, 0.3) is 15.9 Å². The fraction of sp³-hybridized carbons (Fsp3) is 0.100. The van der Waals surface area contributed by atoms with Gasteiger partial charge in [0.15, 0.2) is 11.5 Å². The van der Waals surface area contributed by atoms with Crippen molar-refractivity contribution in [3.8, 4) is 11.5 Å². The van der Waals surface area contributed by atoms with Crippen molar-refractivity contribution < 1.29 is 27.1 Å². The van der Waals surface area contributed by atoms with E-state index >= 15 is 0 Å². The smallest absolute Gasteiger partial charge is 0.261 e. The number of anilines is 1. The fourth-order valence-electron chi connectivity index (χ4n) is 2.78. The average Bonchev–Trinajstić information content (AvgIpc) is 3.20. The van der Waals surface area contributed by atoms with Gasteiger partial charge in [-0.1, -0.05) is 6.07 Å². The lowest BCUT2D eigenvalue weighted by Crippen LogP contribution is -2.23. The summed E-state index contributed by atoms with van der Waals surface area (Å²) in [5.74, 6) is 0.288. The van der Waals surface area contributed by atoms with Crippen LogP contribution in [0, 0.1) is 5.82 Å². The number of hydrogen-bond donors (Lipinski definition) is 2. The number of amides is 1. The molecule has 0 saturated carbocycles. The molecule has 154 valence electrons. The Hall–Kier alpha value is -3.66. The molecule has 3 aromatic rings. The third-order valence-electron chi connectivity index (χ3n) is 4.27. The van der Waals surface area contributed by atoms with Gasteiger partial charge in [0.2, 0.25) is 6.79 Å². The minimum atomic E-state index is -3.95. The first-order valence-electron chi connectivity index (χ1n) is 8.81. The van der Waals surface area contributed by atoms with Crippen LogP contribution in [0.25, 0.3) is 0 Å². The van der Waals surface area contributed by atoms with Crippen LogP contribution < -0.4 is 19.5 Å². The Labute approximate surface area is 171 Å². The molecule has 2 heterocycles. The minimum Gasteiger partial charge on any atom is -0.454 e. The number of aromatic nitrogens is 1. The van der Waals surface area contributed by atoms with Crippen LogP contribution in [-0.4, -0.2) is 26.1 Å². The number of nitrogens with one attached hydrogen (secondary N) is 2. The summed E-state index contributed by atoms with van der Waals surface area (Å²) in [6, 6.07) is 11.1. The molecule has 0 aliphatic carbocycles. The number of hydrogen-bond acceptors (Lipinski definition) is 6. The van der Waals surface area contributed by atoms with Crippen LogP contribution in [-0.2, 0) is 16.6 Å². The largest absolute Gasteiger partial charge is 0.454 e. The van der Waals surface area contributed by atoms with Crippen LogP contribution >= 0.6 is 0 Å². The number of ether oxygens (including phenoxy) is 2. The van der Waals surface area contributed by atoms with E-state index in [0.29, 0.717) is 11.5 Å². The van der Waals surface area contributed by atoms with Crippen LogP contribution in [0.4, 0.5) is 10.1 Å². The number of benzene rings is 2. The minimum absolute atomic E-state index is 0.107. The first-order valence-corrected chi connectivity index (χ1v) is 10.3. The highest BCUT2D eigenvalue weighted by Gasteiger charge is 2.16. The van der Waals surface area contributed by atoms with E-state index in [9.17, 15) is 17.6 Å². The van der Waals surface area contributed by atoms with E-state index < -0.39 is 21.7 Å². The Morgan fingerprint density at radius 2 is 1.80 bits per heavy atom. The summed E-state index contributed by atoms with van der Waals surface area (Å²) >= 11 is 0. The van der Waals surface area contributed by atoms with Gasteiger partial charge < -0.3 is 14.8 Å². The molecule has 1 aromatic heterocycles. The molecule has 0 radical (unpaired) electrons. The number of pyridine rings is 1.